The van der Waals surface area contributed by atoms with Crippen LogP contribution in [0.1, 0.15) is 0 Å². The van der Waals surface area contributed by atoms with E-state index in [1.165, 1.54) is 0 Å². The normalized spacial score (nSPS) is 11.3. The average Bonchev–Trinajstić information content (AvgIpc) is 3.81. The Morgan fingerprint density at radius 2 is 0.981 bits per heavy atom. The fourth-order valence-electron chi connectivity index (χ4n) is 6.96. The molecule has 0 saturated heterocycles. The molecule has 8 nitrogen and oxygen atoms in total. The van der Waals surface area contributed by atoms with Gasteiger partial charge in [0.1, 0.15) is 23.0 Å². The first-order chi connectivity index (χ1) is 26.7. The van der Waals surface area contributed by atoms with Crippen LogP contribution in [0.25, 0.3) is 66.9 Å². The lowest BCUT2D eigenvalue weighted by atomic mass is 10.1. The van der Waals surface area contributed by atoms with Crippen LogP contribution in [0.4, 0.5) is 0 Å². The van der Waals surface area contributed by atoms with Crippen LogP contribution in [0, 0.1) is 0 Å². The maximum atomic E-state index is 6.48. The summed E-state index contributed by atoms with van der Waals surface area (Å²) in [5, 5.41) is 3.22. The number of para-hydroxylation sites is 1. The van der Waals surface area contributed by atoms with E-state index >= 15 is 0 Å². The molecule has 10 rings (SSSR count). The smallest absolute Gasteiger partial charge is 0.234 e. The lowest BCUT2D eigenvalue weighted by Gasteiger charge is -2.11. The molecule has 0 fully saturated rings. The van der Waals surface area contributed by atoms with Crippen molar-refractivity contribution in [2.24, 2.45) is 0 Å². The quantitative estimate of drug-likeness (QED) is 0.157. The second-order valence-corrected chi connectivity index (χ2v) is 12.9. The molecule has 0 aliphatic heterocycles. The van der Waals surface area contributed by atoms with Crippen molar-refractivity contribution >= 4 is 32.7 Å². The summed E-state index contributed by atoms with van der Waals surface area (Å²) < 4.78 is 17.1. The largest absolute Gasteiger partial charge is 0.457 e. The van der Waals surface area contributed by atoms with E-state index < -0.39 is 0 Å². The first-order valence-electron chi connectivity index (χ1n) is 17.6. The van der Waals surface area contributed by atoms with Gasteiger partial charge in [-0.25, -0.2) is 9.97 Å². The third kappa shape index (κ3) is 5.78. The first-order valence-corrected chi connectivity index (χ1v) is 17.6. The van der Waals surface area contributed by atoms with Crippen LogP contribution in [-0.4, -0.2) is 29.1 Å². The molecule has 0 amide bonds. The third-order valence-electron chi connectivity index (χ3n) is 9.47. The van der Waals surface area contributed by atoms with Gasteiger partial charge in [0.2, 0.25) is 5.95 Å². The van der Waals surface area contributed by atoms with E-state index in [9.17, 15) is 0 Å². The third-order valence-corrected chi connectivity index (χ3v) is 9.47. The van der Waals surface area contributed by atoms with E-state index in [1.54, 1.807) is 12.4 Å². The topological polar surface area (TPSA) is 79.9 Å². The van der Waals surface area contributed by atoms with E-state index in [4.69, 9.17) is 19.4 Å². The Balaban J connectivity index is 1.07. The Hall–Kier alpha value is -7.58. The molecule has 0 bridgehead atoms. The van der Waals surface area contributed by atoms with Crippen molar-refractivity contribution in [1.29, 1.82) is 0 Å². The highest BCUT2D eigenvalue weighted by atomic mass is 16.5. The summed E-state index contributed by atoms with van der Waals surface area (Å²) >= 11 is 0. The maximum Gasteiger partial charge on any atom is 0.234 e. The zero-order valence-electron chi connectivity index (χ0n) is 28.8. The molecule has 256 valence electrons. The highest BCUT2D eigenvalue weighted by molar-refractivity contribution is 6.09. The number of pyridine rings is 2. The Labute approximate surface area is 310 Å². The zero-order valence-corrected chi connectivity index (χ0v) is 28.8. The minimum atomic E-state index is 0.527. The number of aromatic nitrogens is 6. The van der Waals surface area contributed by atoms with Crippen LogP contribution in [0.2, 0.25) is 0 Å². The summed E-state index contributed by atoms with van der Waals surface area (Å²) in [7, 11) is 0. The highest BCUT2D eigenvalue weighted by Crippen LogP contribution is 2.38. The molecule has 0 spiro atoms. The van der Waals surface area contributed by atoms with Gasteiger partial charge in [-0.05, 0) is 90.3 Å². The van der Waals surface area contributed by atoms with E-state index in [0.717, 1.165) is 60.9 Å². The molecule has 5 heterocycles. The maximum absolute atomic E-state index is 6.48. The predicted octanol–water partition coefficient (Wildman–Crippen LogP) is 11.2. The Bertz CT molecular complexity index is 2800. The second kappa shape index (κ2) is 13.2. The SMILES string of the molecule is c1ccc(-c2cccc(Oc3ccc4c5ccc(Oc6cccc(-c7ccccn7)c6)cc5n(-c5ncc(-n6ccc7ccccc76)cn5)c4c3)c2)nc1. The molecule has 0 radical (unpaired) electrons. The second-order valence-electron chi connectivity index (χ2n) is 12.9. The van der Waals surface area contributed by atoms with E-state index in [1.807, 2.05) is 140 Å². The number of nitrogens with zero attached hydrogens (tertiary/aromatic N) is 6. The van der Waals surface area contributed by atoms with Crippen molar-refractivity contribution in [3.63, 3.8) is 0 Å². The molecule has 54 heavy (non-hydrogen) atoms. The Morgan fingerprint density at radius 3 is 1.56 bits per heavy atom. The van der Waals surface area contributed by atoms with Crippen LogP contribution in [0.15, 0.2) is 183 Å². The molecule has 10 aromatic rings. The Kier molecular flexibility index (Phi) is 7.62. The highest BCUT2D eigenvalue weighted by Gasteiger charge is 2.17. The number of hydrogen-bond acceptors (Lipinski definition) is 6. The van der Waals surface area contributed by atoms with Gasteiger partial charge >= 0.3 is 0 Å². The lowest BCUT2D eigenvalue weighted by Crippen LogP contribution is -2.03. The molecule has 5 aromatic heterocycles. The van der Waals surface area contributed by atoms with Crippen LogP contribution in [0.5, 0.6) is 23.0 Å². The van der Waals surface area contributed by atoms with Gasteiger partial charge in [0.15, 0.2) is 0 Å². The molecule has 0 N–H and O–H groups in total. The molecular weight excluding hydrogens is 669 g/mol. The standard InChI is InChI=1S/C46H30N6O2/c1-2-16-43-31(9-1)21-24-51(43)34-29-49-46(50-30-34)52-44-27-37(53-35-12-7-10-32(25-35)41-14-3-5-22-47-41)17-19-39(44)40-20-18-38(28-45(40)52)54-36-13-8-11-33(26-36)42-15-4-6-23-48-42/h1-30H. The van der Waals surface area contributed by atoms with Crippen LogP contribution in [-0.2, 0) is 0 Å². The number of hydrogen-bond donors (Lipinski definition) is 0. The van der Waals surface area contributed by atoms with Gasteiger partial charge in [-0.3, -0.25) is 14.5 Å². The summed E-state index contributed by atoms with van der Waals surface area (Å²) in [6.07, 6.45) is 9.35. The van der Waals surface area contributed by atoms with Crippen molar-refractivity contribution in [2.45, 2.75) is 0 Å². The summed E-state index contributed by atoms with van der Waals surface area (Å²) in [6.45, 7) is 0. The molecular formula is C46H30N6O2. The average molecular weight is 699 g/mol. The molecule has 0 atom stereocenters. The fourth-order valence-corrected chi connectivity index (χ4v) is 6.96. The van der Waals surface area contributed by atoms with Crippen molar-refractivity contribution < 1.29 is 9.47 Å². The van der Waals surface area contributed by atoms with Crippen molar-refractivity contribution in [2.75, 3.05) is 0 Å². The summed E-state index contributed by atoms with van der Waals surface area (Å²) in [4.78, 5) is 18.9. The molecule has 0 saturated carbocycles. The predicted molar refractivity (Wildman–Crippen MR) is 213 cm³/mol. The Morgan fingerprint density at radius 1 is 0.426 bits per heavy atom. The number of benzene rings is 5. The minimum Gasteiger partial charge on any atom is -0.457 e. The summed E-state index contributed by atoms with van der Waals surface area (Å²) in [5.41, 5.74) is 7.48. The number of ether oxygens (including phenoxy) is 2. The number of fused-ring (bicyclic) bond motifs is 4. The summed E-state index contributed by atoms with van der Waals surface area (Å²) in [5.74, 6) is 3.32. The van der Waals surface area contributed by atoms with Crippen LogP contribution >= 0.6 is 0 Å². The number of rotatable bonds is 8. The fraction of sp³-hybridized carbons (Fsp3) is 0. The van der Waals surface area contributed by atoms with Gasteiger partial charge in [0, 0.05) is 52.6 Å². The van der Waals surface area contributed by atoms with E-state index in [-0.39, 0.29) is 0 Å². The van der Waals surface area contributed by atoms with Crippen molar-refractivity contribution in [1.82, 2.24) is 29.1 Å². The van der Waals surface area contributed by atoms with Gasteiger partial charge < -0.3 is 14.0 Å². The molecule has 0 aliphatic carbocycles. The zero-order chi connectivity index (χ0) is 35.8. The van der Waals surface area contributed by atoms with Gasteiger partial charge in [0.05, 0.1) is 46.0 Å². The molecule has 5 aromatic carbocycles. The summed E-state index contributed by atoms with van der Waals surface area (Å²) in [6, 6.07) is 50.3. The van der Waals surface area contributed by atoms with E-state index in [0.29, 0.717) is 28.9 Å². The van der Waals surface area contributed by atoms with E-state index in [2.05, 4.69) is 49.4 Å². The monoisotopic (exact) mass is 698 g/mol. The molecule has 0 unspecified atom stereocenters. The minimum absolute atomic E-state index is 0.527. The van der Waals surface area contributed by atoms with Gasteiger partial charge in [0.25, 0.3) is 0 Å². The first kappa shape index (κ1) is 31.2. The van der Waals surface area contributed by atoms with Crippen LogP contribution < -0.4 is 9.47 Å². The van der Waals surface area contributed by atoms with Crippen LogP contribution in [0.3, 0.4) is 0 Å². The van der Waals surface area contributed by atoms with Gasteiger partial charge in [-0.2, -0.15) is 0 Å². The van der Waals surface area contributed by atoms with Crippen molar-refractivity contribution in [3.05, 3.63) is 183 Å². The van der Waals surface area contributed by atoms with Crippen molar-refractivity contribution in [3.8, 4) is 57.1 Å². The molecule has 8 heteroatoms. The van der Waals surface area contributed by atoms with Gasteiger partial charge in [-0.15, -0.1) is 0 Å². The molecule has 0 aliphatic rings. The van der Waals surface area contributed by atoms with Gasteiger partial charge in [-0.1, -0.05) is 54.6 Å². The lowest BCUT2D eigenvalue weighted by molar-refractivity contribution is 0.483.